The van der Waals surface area contributed by atoms with E-state index < -0.39 is 0 Å². The summed E-state index contributed by atoms with van der Waals surface area (Å²) in [6.07, 6.45) is 0. The van der Waals surface area contributed by atoms with Crippen LogP contribution in [0.5, 0.6) is 0 Å². The smallest absolute Gasteiger partial charge is 0.267 e. The van der Waals surface area contributed by atoms with Crippen LogP contribution in [0.2, 0.25) is 0 Å². The van der Waals surface area contributed by atoms with E-state index in [1.54, 1.807) is 7.05 Å². The molecule has 2 rings (SSSR count). The van der Waals surface area contributed by atoms with Crippen LogP contribution in [0.3, 0.4) is 0 Å². The summed E-state index contributed by atoms with van der Waals surface area (Å²) < 4.78 is 0. The van der Waals surface area contributed by atoms with E-state index in [0.29, 0.717) is 26.3 Å². The number of hydrogen-bond donors (Lipinski definition) is 2. The van der Waals surface area contributed by atoms with E-state index in [1.165, 1.54) is 11.3 Å². The number of thioether (sulfide) groups is 1. The lowest BCUT2D eigenvalue weighted by atomic mass is 10.3. The molecule has 0 radical (unpaired) electrons. The Kier molecular flexibility index (Phi) is 4.01. The minimum Gasteiger partial charge on any atom is -0.382 e. The normalized spacial score (nSPS) is 24.1. The van der Waals surface area contributed by atoms with Crippen molar-refractivity contribution in [1.29, 1.82) is 0 Å². The minimum absolute atomic E-state index is 0.00509. The van der Waals surface area contributed by atoms with Gasteiger partial charge in [-0.3, -0.25) is 4.79 Å². The highest BCUT2D eigenvalue weighted by molar-refractivity contribution is 8.00. The molecule has 0 aromatic carbocycles. The number of nitrogens with two attached hydrogens (primary N) is 1. The van der Waals surface area contributed by atoms with Crippen molar-refractivity contribution in [3.05, 3.63) is 4.88 Å². The molecule has 100 valence electrons. The van der Waals surface area contributed by atoms with E-state index in [2.05, 4.69) is 24.1 Å². The first-order valence-corrected chi connectivity index (χ1v) is 7.66. The Bertz CT molecular complexity index is 438. The van der Waals surface area contributed by atoms with Crippen LogP contribution in [0.15, 0.2) is 0 Å². The number of amides is 1. The number of nitrogen functional groups attached to an aromatic ring is 1. The fraction of sp³-hybridized carbons (Fsp3) is 0.636. The largest absolute Gasteiger partial charge is 0.382 e. The summed E-state index contributed by atoms with van der Waals surface area (Å²) in [7, 11) is 1.77. The molecule has 0 aliphatic carbocycles. The van der Waals surface area contributed by atoms with Crippen molar-refractivity contribution in [1.82, 2.24) is 9.88 Å². The molecule has 1 aromatic rings. The van der Waals surface area contributed by atoms with Crippen molar-refractivity contribution in [2.45, 2.75) is 24.3 Å². The van der Waals surface area contributed by atoms with Gasteiger partial charge in [-0.25, -0.2) is 4.98 Å². The molecule has 1 saturated heterocycles. The zero-order chi connectivity index (χ0) is 13.3. The van der Waals surface area contributed by atoms with Crippen molar-refractivity contribution >= 4 is 40.0 Å². The third kappa shape index (κ3) is 2.72. The number of aromatic nitrogens is 1. The molecular formula is C11H18N4OS2. The lowest BCUT2D eigenvalue weighted by Gasteiger charge is -2.34. The Morgan fingerprint density at radius 3 is 2.56 bits per heavy atom. The number of nitrogens with one attached hydrogen (secondary N) is 1. The van der Waals surface area contributed by atoms with Crippen LogP contribution in [0, 0.1) is 0 Å². The first-order valence-electron chi connectivity index (χ1n) is 5.90. The van der Waals surface area contributed by atoms with Crippen LogP contribution < -0.4 is 11.1 Å². The highest BCUT2D eigenvalue weighted by Crippen LogP contribution is 2.30. The predicted molar refractivity (Wildman–Crippen MR) is 78.5 cm³/mol. The van der Waals surface area contributed by atoms with Crippen molar-refractivity contribution in [2.75, 3.05) is 31.2 Å². The Morgan fingerprint density at radius 1 is 1.44 bits per heavy atom. The van der Waals surface area contributed by atoms with Crippen LogP contribution in [-0.4, -0.2) is 46.4 Å². The van der Waals surface area contributed by atoms with E-state index in [-0.39, 0.29) is 5.91 Å². The molecule has 3 N–H and O–H groups in total. The van der Waals surface area contributed by atoms with Crippen LogP contribution in [0.25, 0.3) is 0 Å². The van der Waals surface area contributed by atoms with Crippen molar-refractivity contribution in [2.24, 2.45) is 0 Å². The van der Waals surface area contributed by atoms with Gasteiger partial charge < -0.3 is 16.0 Å². The van der Waals surface area contributed by atoms with Crippen molar-refractivity contribution in [3.8, 4) is 0 Å². The number of carbonyl (C=O) groups is 1. The summed E-state index contributed by atoms with van der Waals surface area (Å²) in [6.45, 7) is 5.85. The van der Waals surface area contributed by atoms with Crippen LogP contribution in [0.1, 0.15) is 23.5 Å². The Balaban J connectivity index is 2.17. The second-order valence-corrected chi connectivity index (χ2v) is 7.33. The molecule has 7 heteroatoms. The lowest BCUT2D eigenvalue weighted by Crippen LogP contribution is -2.43. The van der Waals surface area contributed by atoms with E-state index in [4.69, 9.17) is 5.73 Å². The van der Waals surface area contributed by atoms with E-state index in [1.807, 2.05) is 16.7 Å². The second-order valence-electron chi connectivity index (χ2n) is 4.45. The third-order valence-electron chi connectivity index (χ3n) is 2.77. The molecule has 2 unspecified atom stereocenters. The third-order valence-corrected chi connectivity index (χ3v) is 5.07. The molecule has 0 saturated carbocycles. The SMILES string of the molecule is CNc1nc(N)c(C(=O)N2CC(C)SC(C)C2)s1. The summed E-state index contributed by atoms with van der Waals surface area (Å²) in [4.78, 5) is 19.0. The molecule has 1 amide bonds. The minimum atomic E-state index is 0.00509. The Labute approximate surface area is 115 Å². The molecule has 1 aromatic heterocycles. The topological polar surface area (TPSA) is 71.2 Å². The van der Waals surface area contributed by atoms with Gasteiger partial charge in [0.2, 0.25) is 0 Å². The number of carbonyl (C=O) groups excluding carboxylic acids is 1. The summed E-state index contributed by atoms with van der Waals surface area (Å²) in [5.41, 5.74) is 5.80. The van der Waals surface area contributed by atoms with Gasteiger partial charge >= 0.3 is 0 Å². The first-order chi connectivity index (χ1) is 8.51. The molecule has 0 bridgehead atoms. The van der Waals surface area contributed by atoms with E-state index >= 15 is 0 Å². The van der Waals surface area contributed by atoms with Crippen LogP contribution in [-0.2, 0) is 0 Å². The Morgan fingerprint density at radius 2 is 2.06 bits per heavy atom. The molecule has 18 heavy (non-hydrogen) atoms. The molecule has 5 nitrogen and oxygen atoms in total. The van der Waals surface area contributed by atoms with Gasteiger partial charge in [-0.15, -0.1) is 0 Å². The van der Waals surface area contributed by atoms with Gasteiger partial charge in [0, 0.05) is 30.6 Å². The number of anilines is 2. The summed E-state index contributed by atoms with van der Waals surface area (Å²) in [5, 5.41) is 4.54. The van der Waals surface area contributed by atoms with Gasteiger partial charge in [0.1, 0.15) is 10.7 Å². The maximum atomic E-state index is 12.4. The highest BCUT2D eigenvalue weighted by atomic mass is 32.2. The van der Waals surface area contributed by atoms with Crippen LogP contribution >= 0.6 is 23.1 Å². The summed E-state index contributed by atoms with van der Waals surface area (Å²) >= 11 is 3.24. The molecule has 0 spiro atoms. The van der Waals surface area contributed by atoms with Crippen LogP contribution in [0.4, 0.5) is 10.9 Å². The van der Waals surface area contributed by atoms with Gasteiger partial charge in [0.05, 0.1) is 0 Å². The van der Waals surface area contributed by atoms with Gasteiger partial charge in [0.15, 0.2) is 5.13 Å². The molecule has 1 aliphatic heterocycles. The highest BCUT2D eigenvalue weighted by Gasteiger charge is 2.29. The standard InChI is InChI=1S/C11H18N4OS2/c1-6-4-15(5-7(2)17-6)10(16)8-9(12)14-11(13-3)18-8/h6-7H,4-5,12H2,1-3H3,(H,13,14). The van der Waals surface area contributed by atoms with Gasteiger partial charge in [-0.05, 0) is 0 Å². The van der Waals surface area contributed by atoms with Gasteiger partial charge in [0.25, 0.3) is 5.91 Å². The molecule has 2 atom stereocenters. The fourth-order valence-corrected chi connectivity index (χ4v) is 4.21. The average molecular weight is 286 g/mol. The molecule has 2 heterocycles. The summed E-state index contributed by atoms with van der Waals surface area (Å²) in [5.74, 6) is 0.332. The monoisotopic (exact) mass is 286 g/mol. The van der Waals surface area contributed by atoms with Gasteiger partial charge in [-0.2, -0.15) is 11.8 Å². The molecule has 1 aliphatic rings. The number of thiazole rings is 1. The quantitative estimate of drug-likeness (QED) is 0.866. The zero-order valence-corrected chi connectivity index (χ0v) is 12.4. The van der Waals surface area contributed by atoms with Crippen molar-refractivity contribution < 1.29 is 4.79 Å². The van der Waals surface area contributed by atoms with E-state index in [0.717, 1.165) is 13.1 Å². The number of hydrogen-bond acceptors (Lipinski definition) is 6. The molecular weight excluding hydrogens is 268 g/mol. The number of nitrogens with zero attached hydrogens (tertiary/aromatic N) is 2. The lowest BCUT2D eigenvalue weighted by molar-refractivity contribution is 0.0759. The number of rotatable bonds is 2. The maximum Gasteiger partial charge on any atom is 0.267 e. The molecule has 1 fully saturated rings. The zero-order valence-electron chi connectivity index (χ0n) is 10.8. The fourth-order valence-electron chi connectivity index (χ4n) is 2.08. The first kappa shape index (κ1) is 13.5. The Hall–Kier alpha value is -0.950. The average Bonchev–Trinajstić information content (AvgIpc) is 2.68. The van der Waals surface area contributed by atoms with Gasteiger partial charge in [-0.1, -0.05) is 25.2 Å². The predicted octanol–water partition coefficient (Wildman–Crippen LogP) is 1.73. The van der Waals surface area contributed by atoms with E-state index in [9.17, 15) is 4.79 Å². The van der Waals surface area contributed by atoms with Crippen molar-refractivity contribution in [3.63, 3.8) is 0 Å². The maximum absolute atomic E-state index is 12.4. The summed E-state index contributed by atoms with van der Waals surface area (Å²) in [6, 6.07) is 0. The second kappa shape index (κ2) is 5.36.